The van der Waals surface area contributed by atoms with E-state index >= 15 is 0 Å². The van der Waals surface area contributed by atoms with Gasteiger partial charge in [-0.1, -0.05) is 44.1 Å². The van der Waals surface area contributed by atoms with Crippen molar-refractivity contribution in [2.45, 2.75) is 38.7 Å². The van der Waals surface area contributed by atoms with Gasteiger partial charge in [0.2, 0.25) is 0 Å². The summed E-state index contributed by atoms with van der Waals surface area (Å²) in [6.45, 7) is 2.16. The van der Waals surface area contributed by atoms with Crippen LogP contribution in [0, 0.1) is 5.92 Å². The quantitative estimate of drug-likeness (QED) is 0.680. The highest BCUT2D eigenvalue weighted by Crippen LogP contribution is 2.19. The van der Waals surface area contributed by atoms with Gasteiger partial charge in [-0.05, 0) is 12.8 Å². The first-order valence-electron chi connectivity index (χ1n) is 4.86. The zero-order valence-corrected chi connectivity index (χ0v) is 7.74. The molecule has 1 aliphatic rings. The molecule has 0 heterocycles. The Hall–Kier alpha value is -0.560. The molecule has 1 nitrogen and oxygen atoms in total. The number of rotatable bonds is 4. The Kier molecular flexibility index (Phi) is 4.09. The van der Waals surface area contributed by atoms with Gasteiger partial charge in [0.05, 0.1) is 6.10 Å². The first kappa shape index (κ1) is 9.53. The van der Waals surface area contributed by atoms with Gasteiger partial charge in [0.25, 0.3) is 0 Å². The van der Waals surface area contributed by atoms with Gasteiger partial charge in [-0.15, -0.1) is 0 Å². The molecular formula is C11H18O. The first-order chi connectivity index (χ1) is 5.84. The molecule has 68 valence electrons. The zero-order valence-electron chi connectivity index (χ0n) is 7.74. The molecule has 0 bridgehead atoms. The van der Waals surface area contributed by atoms with E-state index < -0.39 is 0 Å². The van der Waals surface area contributed by atoms with Crippen molar-refractivity contribution in [1.82, 2.24) is 0 Å². The number of aliphatic hydroxyl groups excluding tert-OH is 1. The molecule has 0 radical (unpaired) electrons. The summed E-state index contributed by atoms with van der Waals surface area (Å²) in [5.41, 5.74) is 0. The van der Waals surface area contributed by atoms with E-state index in [1.165, 1.54) is 6.42 Å². The average molecular weight is 166 g/mol. The van der Waals surface area contributed by atoms with Crippen molar-refractivity contribution >= 4 is 0 Å². The van der Waals surface area contributed by atoms with Crippen molar-refractivity contribution in [2.24, 2.45) is 5.92 Å². The average Bonchev–Trinajstić information content (AvgIpc) is 2.15. The fourth-order valence-corrected chi connectivity index (χ4v) is 1.51. The zero-order chi connectivity index (χ0) is 8.81. The van der Waals surface area contributed by atoms with Gasteiger partial charge in [0, 0.05) is 5.92 Å². The topological polar surface area (TPSA) is 20.2 Å². The van der Waals surface area contributed by atoms with Crippen molar-refractivity contribution in [1.29, 1.82) is 0 Å². The molecule has 0 aliphatic heterocycles. The summed E-state index contributed by atoms with van der Waals surface area (Å²) < 4.78 is 0. The van der Waals surface area contributed by atoms with Crippen LogP contribution in [0.4, 0.5) is 0 Å². The van der Waals surface area contributed by atoms with Crippen LogP contribution < -0.4 is 0 Å². The number of allylic oxidation sites excluding steroid dienone is 3. The fraction of sp³-hybridized carbons (Fsp3) is 0.636. The highest BCUT2D eigenvalue weighted by atomic mass is 16.3. The highest BCUT2D eigenvalue weighted by molar-refractivity contribution is 5.11. The fourth-order valence-electron chi connectivity index (χ4n) is 1.51. The lowest BCUT2D eigenvalue weighted by Gasteiger charge is -2.19. The van der Waals surface area contributed by atoms with Gasteiger partial charge in [-0.25, -0.2) is 0 Å². The molecule has 0 saturated carbocycles. The van der Waals surface area contributed by atoms with Crippen LogP contribution >= 0.6 is 0 Å². The Bertz CT molecular complexity index is 170. The molecule has 1 rings (SSSR count). The molecule has 0 aromatic heterocycles. The maximum atomic E-state index is 9.72. The summed E-state index contributed by atoms with van der Waals surface area (Å²) in [5, 5.41) is 9.72. The summed E-state index contributed by atoms with van der Waals surface area (Å²) in [5.74, 6) is 0.363. The normalized spacial score (nSPS) is 24.3. The van der Waals surface area contributed by atoms with E-state index in [-0.39, 0.29) is 6.10 Å². The minimum absolute atomic E-state index is 0.133. The molecule has 0 fully saturated rings. The SMILES string of the molecule is CCCC[C@@H](O)[C@H]1C=CC=CC1. The van der Waals surface area contributed by atoms with Crippen molar-refractivity contribution in [3.63, 3.8) is 0 Å². The van der Waals surface area contributed by atoms with E-state index in [1.807, 2.05) is 12.2 Å². The van der Waals surface area contributed by atoms with Gasteiger partial charge >= 0.3 is 0 Å². The van der Waals surface area contributed by atoms with Crippen LogP contribution in [-0.4, -0.2) is 11.2 Å². The Morgan fingerprint density at radius 2 is 2.33 bits per heavy atom. The third kappa shape index (κ3) is 2.82. The molecule has 0 spiro atoms. The molecule has 0 unspecified atom stereocenters. The van der Waals surface area contributed by atoms with Crippen LogP contribution in [0.15, 0.2) is 24.3 Å². The van der Waals surface area contributed by atoms with Crippen molar-refractivity contribution in [3.05, 3.63) is 24.3 Å². The van der Waals surface area contributed by atoms with E-state index in [0.29, 0.717) is 5.92 Å². The number of unbranched alkanes of at least 4 members (excludes halogenated alkanes) is 1. The highest BCUT2D eigenvalue weighted by Gasteiger charge is 2.15. The predicted molar refractivity (Wildman–Crippen MR) is 51.9 cm³/mol. The van der Waals surface area contributed by atoms with E-state index in [9.17, 15) is 5.11 Å². The second-order valence-corrected chi connectivity index (χ2v) is 3.42. The predicted octanol–water partition coefficient (Wildman–Crippen LogP) is 2.67. The third-order valence-electron chi connectivity index (χ3n) is 2.36. The van der Waals surface area contributed by atoms with E-state index in [4.69, 9.17) is 0 Å². The lowest BCUT2D eigenvalue weighted by atomic mass is 9.92. The Morgan fingerprint density at radius 3 is 2.92 bits per heavy atom. The van der Waals surface area contributed by atoms with Gasteiger partial charge in [0.15, 0.2) is 0 Å². The molecule has 1 aliphatic carbocycles. The van der Waals surface area contributed by atoms with Crippen LogP contribution in [0.25, 0.3) is 0 Å². The molecular weight excluding hydrogens is 148 g/mol. The smallest absolute Gasteiger partial charge is 0.0605 e. The monoisotopic (exact) mass is 166 g/mol. The largest absolute Gasteiger partial charge is 0.393 e. The summed E-state index contributed by atoms with van der Waals surface area (Å²) in [6, 6.07) is 0. The van der Waals surface area contributed by atoms with Crippen molar-refractivity contribution in [2.75, 3.05) is 0 Å². The summed E-state index contributed by atoms with van der Waals surface area (Å²) in [4.78, 5) is 0. The Morgan fingerprint density at radius 1 is 1.50 bits per heavy atom. The number of hydrogen-bond acceptors (Lipinski definition) is 1. The van der Waals surface area contributed by atoms with Gasteiger partial charge in [-0.3, -0.25) is 0 Å². The lowest BCUT2D eigenvalue weighted by molar-refractivity contribution is 0.118. The summed E-state index contributed by atoms with van der Waals surface area (Å²) in [6.07, 6.45) is 12.4. The third-order valence-corrected chi connectivity index (χ3v) is 2.36. The number of hydrogen-bond donors (Lipinski definition) is 1. The van der Waals surface area contributed by atoms with Crippen molar-refractivity contribution < 1.29 is 5.11 Å². The lowest BCUT2D eigenvalue weighted by Crippen LogP contribution is -2.18. The molecule has 2 atom stereocenters. The Balaban J connectivity index is 2.27. The first-order valence-corrected chi connectivity index (χ1v) is 4.86. The molecule has 0 aromatic carbocycles. The van der Waals surface area contributed by atoms with Gasteiger partial charge in [0.1, 0.15) is 0 Å². The molecule has 1 N–H and O–H groups in total. The molecule has 1 heteroatoms. The van der Waals surface area contributed by atoms with Crippen molar-refractivity contribution in [3.8, 4) is 0 Å². The maximum Gasteiger partial charge on any atom is 0.0605 e. The van der Waals surface area contributed by atoms with Crippen LogP contribution in [0.1, 0.15) is 32.6 Å². The van der Waals surface area contributed by atoms with E-state index in [1.54, 1.807) is 0 Å². The summed E-state index contributed by atoms with van der Waals surface area (Å²) in [7, 11) is 0. The van der Waals surface area contributed by atoms with E-state index in [0.717, 1.165) is 19.3 Å². The van der Waals surface area contributed by atoms with Crippen LogP contribution in [-0.2, 0) is 0 Å². The van der Waals surface area contributed by atoms with Crippen LogP contribution in [0.2, 0.25) is 0 Å². The molecule has 0 saturated heterocycles. The molecule has 0 amide bonds. The minimum atomic E-state index is -0.133. The number of aliphatic hydroxyl groups is 1. The summed E-state index contributed by atoms with van der Waals surface area (Å²) >= 11 is 0. The second kappa shape index (κ2) is 5.15. The standard InChI is InChI=1S/C11H18O/c1-2-3-9-11(12)10-7-5-4-6-8-10/h4-7,10-12H,2-3,8-9H2,1H3/t10-,11+/m0/s1. The van der Waals surface area contributed by atoms with Gasteiger partial charge in [-0.2, -0.15) is 0 Å². The van der Waals surface area contributed by atoms with Crippen LogP contribution in [0.3, 0.4) is 0 Å². The second-order valence-electron chi connectivity index (χ2n) is 3.42. The molecule has 12 heavy (non-hydrogen) atoms. The van der Waals surface area contributed by atoms with E-state index in [2.05, 4.69) is 19.1 Å². The Labute approximate surface area is 74.8 Å². The molecule has 0 aromatic rings. The van der Waals surface area contributed by atoms with Gasteiger partial charge < -0.3 is 5.11 Å². The maximum absolute atomic E-state index is 9.72. The van der Waals surface area contributed by atoms with Crippen LogP contribution in [0.5, 0.6) is 0 Å². The minimum Gasteiger partial charge on any atom is -0.393 e.